The van der Waals surface area contributed by atoms with Crippen LogP contribution in [-0.4, -0.2) is 36.0 Å². The molecule has 1 atom stereocenters. The number of aliphatic hydroxyl groups is 1. The van der Waals surface area contributed by atoms with Crippen LogP contribution in [0.5, 0.6) is 0 Å². The second kappa shape index (κ2) is 9.89. The predicted octanol–water partition coefficient (Wildman–Crippen LogP) is 1.98. The van der Waals surface area contributed by atoms with Crippen LogP contribution in [-0.2, 0) is 11.3 Å². The van der Waals surface area contributed by atoms with Gasteiger partial charge in [-0.15, -0.1) is 0 Å². The number of nitrogens with one attached hydrogen (secondary N) is 1. The quantitative estimate of drug-likeness (QED) is 0.636. The smallest absolute Gasteiger partial charge is 0.0897 e. The van der Waals surface area contributed by atoms with Gasteiger partial charge in [-0.05, 0) is 36.5 Å². The third-order valence-electron chi connectivity index (χ3n) is 2.84. The number of aliphatic hydroxyl groups excluding tert-OH is 1. The molecule has 0 spiro atoms. The summed E-state index contributed by atoms with van der Waals surface area (Å²) >= 11 is 0. The molecule has 1 unspecified atom stereocenters. The van der Waals surface area contributed by atoms with Crippen LogP contribution in [0.1, 0.15) is 32.3 Å². The van der Waals surface area contributed by atoms with Gasteiger partial charge in [-0.3, -0.25) is 4.98 Å². The minimum atomic E-state index is -0.444. The van der Waals surface area contributed by atoms with Crippen molar-refractivity contribution in [3.63, 3.8) is 0 Å². The Morgan fingerprint density at radius 1 is 1.32 bits per heavy atom. The van der Waals surface area contributed by atoms with E-state index in [1.165, 1.54) is 12.0 Å². The van der Waals surface area contributed by atoms with E-state index in [-0.39, 0.29) is 0 Å². The third kappa shape index (κ3) is 8.70. The summed E-state index contributed by atoms with van der Waals surface area (Å²) in [6, 6.07) is 3.92. The summed E-state index contributed by atoms with van der Waals surface area (Å²) < 4.78 is 5.45. The first-order valence-electron chi connectivity index (χ1n) is 7.04. The van der Waals surface area contributed by atoms with Crippen molar-refractivity contribution < 1.29 is 9.84 Å². The Labute approximate surface area is 116 Å². The molecule has 4 heteroatoms. The molecule has 19 heavy (non-hydrogen) atoms. The van der Waals surface area contributed by atoms with Crippen LogP contribution >= 0.6 is 0 Å². The van der Waals surface area contributed by atoms with Gasteiger partial charge < -0.3 is 15.2 Å². The Balaban J connectivity index is 1.97. The van der Waals surface area contributed by atoms with Crippen LogP contribution in [0, 0.1) is 5.92 Å². The lowest BCUT2D eigenvalue weighted by atomic mass is 10.1. The lowest BCUT2D eigenvalue weighted by Gasteiger charge is -2.12. The molecule has 0 amide bonds. The molecule has 0 aromatic carbocycles. The van der Waals surface area contributed by atoms with Crippen LogP contribution in [0.4, 0.5) is 0 Å². The molecule has 0 saturated carbocycles. The molecule has 0 fully saturated rings. The fraction of sp³-hybridized carbons (Fsp3) is 0.667. The molecule has 4 nitrogen and oxygen atoms in total. The van der Waals surface area contributed by atoms with E-state index < -0.39 is 6.10 Å². The summed E-state index contributed by atoms with van der Waals surface area (Å²) in [5, 5.41) is 12.9. The summed E-state index contributed by atoms with van der Waals surface area (Å²) in [5.41, 5.74) is 1.17. The molecular weight excluding hydrogens is 240 g/mol. The van der Waals surface area contributed by atoms with Gasteiger partial charge in [0.05, 0.1) is 12.7 Å². The first kappa shape index (κ1) is 16.1. The Morgan fingerprint density at radius 3 is 2.74 bits per heavy atom. The molecule has 1 aromatic heterocycles. The zero-order chi connectivity index (χ0) is 13.9. The molecule has 1 aromatic rings. The number of nitrogens with zero attached hydrogens (tertiary/aromatic N) is 1. The van der Waals surface area contributed by atoms with Crippen molar-refractivity contribution >= 4 is 0 Å². The highest BCUT2D eigenvalue weighted by Crippen LogP contribution is 2.03. The van der Waals surface area contributed by atoms with Crippen molar-refractivity contribution in [3.8, 4) is 0 Å². The molecule has 1 heterocycles. The van der Waals surface area contributed by atoms with Gasteiger partial charge in [0.15, 0.2) is 0 Å². The van der Waals surface area contributed by atoms with Gasteiger partial charge >= 0.3 is 0 Å². The van der Waals surface area contributed by atoms with Crippen LogP contribution in [0.3, 0.4) is 0 Å². The van der Waals surface area contributed by atoms with Gasteiger partial charge in [0, 0.05) is 32.1 Å². The van der Waals surface area contributed by atoms with E-state index in [0.717, 1.165) is 25.5 Å². The summed E-state index contributed by atoms with van der Waals surface area (Å²) in [6.07, 6.45) is 5.34. The molecule has 0 radical (unpaired) electrons. The number of rotatable bonds is 10. The number of hydrogen-bond acceptors (Lipinski definition) is 4. The van der Waals surface area contributed by atoms with Crippen molar-refractivity contribution in [2.75, 3.05) is 19.8 Å². The van der Waals surface area contributed by atoms with Gasteiger partial charge in [0.1, 0.15) is 0 Å². The highest BCUT2D eigenvalue weighted by molar-refractivity contribution is 5.08. The first-order valence-corrected chi connectivity index (χ1v) is 7.04. The average Bonchev–Trinajstić information content (AvgIpc) is 2.39. The molecule has 108 valence electrons. The van der Waals surface area contributed by atoms with E-state index >= 15 is 0 Å². The Kier molecular flexibility index (Phi) is 8.38. The molecule has 0 aliphatic heterocycles. The fourth-order valence-electron chi connectivity index (χ4n) is 1.76. The third-order valence-corrected chi connectivity index (χ3v) is 2.84. The van der Waals surface area contributed by atoms with Gasteiger partial charge in [-0.25, -0.2) is 0 Å². The Hall–Kier alpha value is -0.970. The number of pyridine rings is 1. The Morgan fingerprint density at radius 2 is 2.05 bits per heavy atom. The minimum Gasteiger partial charge on any atom is -0.389 e. The standard InChI is InChI=1S/C15H26N2O2/c1-13(2)4-3-9-19-12-15(18)11-17-10-14-5-7-16-8-6-14/h5-8,13,15,17-18H,3-4,9-12H2,1-2H3. The largest absolute Gasteiger partial charge is 0.389 e. The van der Waals surface area contributed by atoms with Crippen molar-refractivity contribution in [2.24, 2.45) is 5.92 Å². The Bertz CT molecular complexity index is 317. The number of aromatic nitrogens is 1. The lowest BCUT2D eigenvalue weighted by molar-refractivity contribution is 0.0346. The van der Waals surface area contributed by atoms with Gasteiger partial charge in [0.2, 0.25) is 0 Å². The second-order valence-corrected chi connectivity index (χ2v) is 5.25. The highest BCUT2D eigenvalue weighted by Gasteiger charge is 2.04. The number of hydrogen-bond donors (Lipinski definition) is 2. The summed E-state index contributed by atoms with van der Waals surface area (Å²) in [4.78, 5) is 3.96. The predicted molar refractivity (Wildman–Crippen MR) is 76.8 cm³/mol. The van der Waals surface area contributed by atoms with Crippen LogP contribution in [0.25, 0.3) is 0 Å². The van der Waals surface area contributed by atoms with Crippen molar-refractivity contribution in [2.45, 2.75) is 39.3 Å². The molecule has 0 aliphatic rings. The minimum absolute atomic E-state index is 0.404. The van der Waals surface area contributed by atoms with Gasteiger partial charge in [-0.1, -0.05) is 13.8 Å². The van der Waals surface area contributed by atoms with E-state index in [1.54, 1.807) is 12.4 Å². The van der Waals surface area contributed by atoms with Crippen LogP contribution < -0.4 is 5.32 Å². The maximum absolute atomic E-state index is 9.74. The van der Waals surface area contributed by atoms with E-state index in [4.69, 9.17) is 4.74 Å². The molecule has 2 N–H and O–H groups in total. The fourth-order valence-corrected chi connectivity index (χ4v) is 1.76. The summed E-state index contributed by atoms with van der Waals surface area (Å²) in [7, 11) is 0. The lowest BCUT2D eigenvalue weighted by Crippen LogP contribution is -2.30. The topological polar surface area (TPSA) is 54.4 Å². The highest BCUT2D eigenvalue weighted by atomic mass is 16.5. The molecule has 0 aliphatic carbocycles. The zero-order valence-corrected chi connectivity index (χ0v) is 12.0. The molecular formula is C15H26N2O2. The van der Waals surface area contributed by atoms with Gasteiger partial charge in [-0.2, -0.15) is 0 Å². The van der Waals surface area contributed by atoms with Crippen LogP contribution in [0.2, 0.25) is 0 Å². The monoisotopic (exact) mass is 266 g/mol. The molecule has 1 rings (SSSR count). The zero-order valence-electron chi connectivity index (χ0n) is 12.0. The van der Waals surface area contributed by atoms with Crippen molar-refractivity contribution in [3.05, 3.63) is 30.1 Å². The maximum atomic E-state index is 9.74. The van der Waals surface area contributed by atoms with E-state index in [1.807, 2.05) is 12.1 Å². The maximum Gasteiger partial charge on any atom is 0.0897 e. The number of ether oxygens (including phenoxy) is 1. The van der Waals surface area contributed by atoms with Gasteiger partial charge in [0.25, 0.3) is 0 Å². The SMILES string of the molecule is CC(C)CCCOCC(O)CNCc1ccncc1. The van der Waals surface area contributed by atoms with Crippen molar-refractivity contribution in [1.29, 1.82) is 0 Å². The van der Waals surface area contributed by atoms with E-state index in [9.17, 15) is 5.11 Å². The second-order valence-electron chi connectivity index (χ2n) is 5.25. The summed E-state index contributed by atoms with van der Waals surface area (Å²) in [6.45, 7) is 6.84. The normalized spacial score (nSPS) is 12.8. The van der Waals surface area contributed by atoms with E-state index in [2.05, 4.69) is 24.1 Å². The summed E-state index contributed by atoms with van der Waals surface area (Å²) in [5.74, 6) is 0.718. The first-order chi connectivity index (χ1) is 9.18. The molecule has 0 saturated heterocycles. The average molecular weight is 266 g/mol. The molecule has 0 bridgehead atoms. The van der Waals surface area contributed by atoms with E-state index in [0.29, 0.717) is 13.2 Å². The van der Waals surface area contributed by atoms with Crippen molar-refractivity contribution in [1.82, 2.24) is 10.3 Å². The van der Waals surface area contributed by atoms with Crippen LogP contribution in [0.15, 0.2) is 24.5 Å².